The van der Waals surface area contributed by atoms with Crippen molar-refractivity contribution in [3.63, 3.8) is 0 Å². The number of benzene rings is 1. The van der Waals surface area contributed by atoms with Gasteiger partial charge in [-0.15, -0.1) is 0 Å². The number of aromatic nitrogens is 3. The van der Waals surface area contributed by atoms with Gasteiger partial charge >= 0.3 is 0 Å². The minimum atomic E-state index is -0.143. The molecule has 136 valence electrons. The SMILES string of the molecule is Cc1nn(C)cc1NC(=O)c1cccc(CN(C)C(C)c2ccon2)c1. The number of carbonyl (C=O) groups excluding carboxylic acids is 1. The second-order valence-electron chi connectivity index (χ2n) is 6.47. The molecule has 3 rings (SSSR count). The van der Waals surface area contributed by atoms with Gasteiger partial charge in [-0.05, 0) is 38.6 Å². The second kappa shape index (κ2) is 7.53. The number of amides is 1. The summed E-state index contributed by atoms with van der Waals surface area (Å²) in [6.07, 6.45) is 3.37. The summed E-state index contributed by atoms with van der Waals surface area (Å²) >= 11 is 0. The van der Waals surface area contributed by atoms with Crippen LogP contribution in [-0.4, -0.2) is 32.8 Å². The average Bonchev–Trinajstić information content (AvgIpc) is 3.24. The molecule has 7 heteroatoms. The highest BCUT2D eigenvalue weighted by Crippen LogP contribution is 2.20. The summed E-state index contributed by atoms with van der Waals surface area (Å²) in [4.78, 5) is 14.7. The van der Waals surface area contributed by atoms with Gasteiger partial charge in [-0.3, -0.25) is 14.4 Å². The van der Waals surface area contributed by atoms with Gasteiger partial charge in [-0.1, -0.05) is 17.3 Å². The fourth-order valence-electron chi connectivity index (χ4n) is 2.82. The molecule has 0 bridgehead atoms. The Morgan fingerprint density at radius 2 is 2.19 bits per heavy atom. The maximum atomic E-state index is 12.6. The van der Waals surface area contributed by atoms with Crippen LogP contribution in [0.3, 0.4) is 0 Å². The van der Waals surface area contributed by atoms with E-state index in [2.05, 4.69) is 27.4 Å². The Bertz CT molecular complexity index is 885. The molecule has 1 amide bonds. The predicted octanol–water partition coefficient (Wildman–Crippen LogP) is 3.16. The lowest BCUT2D eigenvalue weighted by Gasteiger charge is -2.23. The standard InChI is InChI=1S/C19H23N5O2/c1-13-18(12-24(4)21-13)20-19(25)16-7-5-6-15(10-16)11-23(3)14(2)17-8-9-26-22-17/h5-10,12,14H,11H2,1-4H3,(H,20,25). The molecule has 1 atom stereocenters. The third-order valence-electron chi connectivity index (χ3n) is 4.43. The Morgan fingerprint density at radius 1 is 1.38 bits per heavy atom. The number of anilines is 1. The fraction of sp³-hybridized carbons (Fsp3) is 0.316. The highest BCUT2D eigenvalue weighted by molar-refractivity contribution is 6.04. The molecule has 0 aliphatic heterocycles. The van der Waals surface area contributed by atoms with Crippen LogP contribution in [0.25, 0.3) is 0 Å². The quantitative estimate of drug-likeness (QED) is 0.737. The van der Waals surface area contributed by atoms with Gasteiger partial charge in [0.2, 0.25) is 0 Å². The van der Waals surface area contributed by atoms with Gasteiger partial charge in [0.15, 0.2) is 0 Å². The van der Waals surface area contributed by atoms with Crippen LogP contribution >= 0.6 is 0 Å². The summed E-state index contributed by atoms with van der Waals surface area (Å²) in [7, 11) is 3.85. The Labute approximate surface area is 152 Å². The van der Waals surface area contributed by atoms with E-state index in [0.717, 1.165) is 22.6 Å². The first-order valence-electron chi connectivity index (χ1n) is 8.45. The molecular formula is C19H23N5O2. The number of hydrogen-bond donors (Lipinski definition) is 1. The number of aryl methyl sites for hydroxylation is 2. The molecule has 0 aliphatic rings. The van der Waals surface area contributed by atoms with Crippen LogP contribution in [0.1, 0.15) is 40.3 Å². The molecule has 0 fully saturated rings. The van der Waals surface area contributed by atoms with Crippen molar-refractivity contribution in [2.75, 3.05) is 12.4 Å². The van der Waals surface area contributed by atoms with E-state index in [1.807, 2.05) is 51.4 Å². The lowest BCUT2D eigenvalue weighted by Crippen LogP contribution is -2.22. The summed E-state index contributed by atoms with van der Waals surface area (Å²) < 4.78 is 6.60. The molecule has 2 heterocycles. The fourth-order valence-corrected chi connectivity index (χ4v) is 2.82. The van der Waals surface area contributed by atoms with Gasteiger partial charge in [0.1, 0.15) is 12.0 Å². The van der Waals surface area contributed by atoms with Crippen LogP contribution in [0.15, 0.2) is 47.3 Å². The van der Waals surface area contributed by atoms with Crippen LogP contribution in [-0.2, 0) is 13.6 Å². The van der Waals surface area contributed by atoms with Crippen molar-refractivity contribution >= 4 is 11.6 Å². The van der Waals surface area contributed by atoms with Crippen molar-refractivity contribution in [3.05, 3.63) is 65.3 Å². The van der Waals surface area contributed by atoms with Crippen LogP contribution in [0.5, 0.6) is 0 Å². The normalized spacial score (nSPS) is 12.3. The van der Waals surface area contributed by atoms with Crippen molar-refractivity contribution in [2.24, 2.45) is 7.05 Å². The summed E-state index contributed by atoms with van der Waals surface area (Å²) in [5, 5.41) is 11.1. The monoisotopic (exact) mass is 353 g/mol. The van der Waals surface area contributed by atoms with E-state index in [1.165, 1.54) is 0 Å². The van der Waals surface area contributed by atoms with Crippen molar-refractivity contribution in [1.82, 2.24) is 19.8 Å². The maximum Gasteiger partial charge on any atom is 0.255 e. The first-order chi connectivity index (χ1) is 12.4. The topological polar surface area (TPSA) is 76.2 Å². The summed E-state index contributed by atoms with van der Waals surface area (Å²) in [6.45, 7) is 4.63. The molecular weight excluding hydrogens is 330 g/mol. The van der Waals surface area contributed by atoms with Crippen LogP contribution in [0.4, 0.5) is 5.69 Å². The Kier molecular flexibility index (Phi) is 5.18. The second-order valence-corrected chi connectivity index (χ2v) is 6.47. The molecule has 0 radical (unpaired) electrons. The zero-order chi connectivity index (χ0) is 18.7. The van der Waals surface area contributed by atoms with E-state index >= 15 is 0 Å². The summed E-state index contributed by atoms with van der Waals surface area (Å²) in [6, 6.07) is 9.61. The first-order valence-corrected chi connectivity index (χ1v) is 8.45. The van der Waals surface area contributed by atoms with E-state index < -0.39 is 0 Å². The van der Waals surface area contributed by atoms with Gasteiger partial charge < -0.3 is 9.84 Å². The minimum absolute atomic E-state index is 0.115. The number of nitrogens with zero attached hydrogens (tertiary/aromatic N) is 4. The van der Waals surface area contributed by atoms with Gasteiger partial charge in [0.25, 0.3) is 5.91 Å². The number of nitrogens with one attached hydrogen (secondary N) is 1. The Balaban J connectivity index is 1.69. The molecule has 2 aromatic heterocycles. The largest absolute Gasteiger partial charge is 0.364 e. The average molecular weight is 353 g/mol. The molecule has 0 aliphatic carbocycles. The van der Waals surface area contributed by atoms with E-state index in [4.69, 9.17) is 4.52 Å². The van der Waals surface area contributed by atoms with Gasteiger partial charge in [0.05, 0.1) is 17.4 Å². The van der Waals surface area contributed by atoms with Gasteiger partial charge in [-0.25, -0.2) is 0 Å². The van der Waals surface area contributed by atoms with E-state index in [-0.39, 0.29) is 11.9 Å². The zero-order valence-corrected chi connectivity index (χ0v) is 15.4. The van der Waals surface area contributed by atoms with Crippen LogP contribution < -0.4 is 5.32 Å². The number of rotatable bonds is 6. The summed E-state index contributed by atoms with van der Waals surface area (Å²) in [5.41, 5.74) is 4.07. The first kappa shape index (κ1) is 17.9. The molecule has 7 nitrogen and oxygen atoms in total. The van der Waals surface area contributed by atoms with Crippen molar-refractivity contribution < 1.29 is 9.32 Å². The molecule has 0 saturated heterocycles. The molecule has 1 aromatic carbocycles. The maximum absolute atomic E-state index is 12.6. The highest BCUT2D eigenvalue weighted by atomic mass is 16.5. The Hall–Kier alpha value is -2.93. The third-order valence-corrected chi connectivity index (χ3v) is 4.43. The van der Waals surface area contributed by atoms with Crippen molar-refractivity contribution in [1.29, 1.82) is 0 Å². The Morgan fingerprint density at radius 3 is 2.85 bits per heavy atom. The lowest BCUT2D eigenvalue weighted by atomic mass is 10.1. The number of carbonyl (C=O) groups is 1. The van der Waals surface area contributed by atoms with Gasteiger partial charge in [-0.2, -0.15) is 5.10 Å². The molecule has 1 unspecified atom stereocenters. The van der Waals surface area contributed by atoms with E-state index in [9.17, 15) is 4.79 Å². The third kappa shape index (κ3) is 4.00. The zero-order valence-electron chi connectivity index (χ0n) is 15.4. The van der Waals surface area contributed by atoms with Crippen LogP contribution in [0, 0.1) is 6.92 Å². The lowest BCUT2D eigenvalue weighted by molar-refractivity contribution is 0.102. The molecule has 0 spiro atoms. The van der Waals surface area contributed by atoms with Crippen molar-refractivity contribution in [3.8, 4) is 0 Å². The smallest absolute Gasteiger partial charge is 0.255 e. The van der Waals surface area contributed by atoms with Crippen molar-refractivity contribution in [2.45, 2.75) is 26.4 Å². The highest BCUT2D eigenvalue weighted by Gasteiger charge is 2.16. The van der Waals surface area contributed by atoms with E-state index in [0.29, 0.717) is 12.1 Å². The van der Waals surface area contributed by atoms with Gasteiger partial charge in [0, 0.05) is 31.4 Å². The van der Waals surface area contributed by atoms with Crippen LogP contribution in [0.2, 0.25) is 0 Å². The molecule has 3 aromatic rings. The molecule has 0 saturated carbocycles. The van der Waals surface area contributed by atoms with E-state index in [1.54, 1.807) is 17.1 Å². The predicted molar refractivity (Wildman–Crippen MR) is 98.7 cm³/mol. The minimum Gasteiger partial charge on any atom is -0.364 e. The number of hydrogen-bond acceptors (Lipinski definition) is 5. The summed E-state index contributed by atoms with van der Waals surface area (Å²) in [5.74, 6) is -0.143. The molecule has 1 N–H and O–H groups in total. The molecule has 26 heavy (non-hydrogen) atoms.